The van der Waals surface area contributed by atoms with Gasteiger partial charge in [0.25, 0.3) is 36.0 Å². The molecule has 2 aromatic heterocycles. The van der Waals surface area contributed by atoms with Crippen LogP contribution in [0.2, 0.25) is 0 Å². The van der Waals surface area contributed by atoms with E-state index in [0.717, 1.165) is 89.2 Å². The lowest BCUT2D eigenvalue weighted by Gasteiger charge is -2.32. The van der Waals surface area contributed by atoms with Crippen molar-refractivity contribution < 1.29 is 172 Å². The number of primary sulfonamides is 1. The van der Waals surface area contributed by atoms with E-state index in [1.807, 2.05) is 6.92 Å². The average Bonchev–Trinajstić information content (AvgIpc) is 1.62. The number of amides is 1. The first-order chi connectivity index (χ1) is 52.2. The molecule has 0 radical (unpaired) electrons. The van der Waals surface area contributed by atoms with Crippen LogP contribution in [0.25, 0.3) is 0 Å². The number of nitrogens with one attached hydrogen (secondary N) is 3. The molecule has 1 amide bonds. The molecule has 0 spiro atoms. The second-order valence-corrected chi connectivity index (χ2v) is 34.5. The maximum Gasteiger partial charge on any atom is 0.347 e. The van der Waals surface area contributed by atoms with Crippen LogP contribution in [0.1, 0.15) is 147 Å². The monoisotopic (exact) mass is 1730 g/mol. The van der Waals surface area contributed by atoms with Crippen molar-refractivity contribution in [2.75, 3.05) is 66.7 Å². The summed E-state index contributed by atoms with van der Waals surface area (Å²) < 4.78 is 173. The lowest BCUT2D eigenvalue weighted by atomic mass is 10.1. The summed E-state index contributed by atoms with van der Waals surface area (Å²) >= 11 is 1.17. The Bertz CT molecular complexity index is 4200. The highest BCUT2D eigenvalue weighted by Crippen LogP contribution is 2.42. The zero-order chi connectivity index (χ0) is 86.7. The van der Waals surface area contributed by atoms with Crippen LogP contribution in [0.3, 0.4) is 0 Å². The van der Waals surface area contributed by atoms with Gasteiger partial charge in [-0.3, -0.25) is 14.4 Å². The van der Waals surface area contributed by atoms with Gasteiger partial charge in [-0.1, -0.05) is 13.8 Å². The van der Waals surface area contributed by atoms with E-state index < -0.39 is 207 Å². The number of ether oxygens (including phenoxy) is 14. The van der Waals surface area contributed by atoms with Crippen LogP contribution in [0.15, 0.2) is 29.0 Å². The van der Waals surface area contributed by atoms with Gasteiger partial charge in [0, 0.05) is 90.7 Å². The Kier molecular flexibility index (Phi) is 40.5. The summed E-state index contributed by atoms with van der Waals surface area (Å²) in [5.41, 5.74) is 0.697. The van der Waals surface area contributed by atoms with E-state index in [9.17, 15) is 101 Å². The molecule has 0 unspecified atom stereocenters. The van der Waals surface area contributed by atoms with Crippen molar-refractivity contribution in [3.8, 4) is 0 Å². The van der Waals surface area contributed by atoms with E-state index in [1.165, 1.54) is 35.6 Å². The number of thiophene rings is 2. The largest absolute Gasteiger partial charge is 0.479 e. The Morgan fingerprint density at radius 3 is 0.938 bits per heavy atom. The topological polar surface area (TPSA) is 594 Å². The summed E-state index contributed by atoms with van der Waals surface area (Å²) in [6, 6.07) is 1.74. The molecule has 43 nitrogen and oxygen atoms in total. The van der Waals surface area contributed by atoms with Crippen LogP contribution >= 0.6 is 22.7 Å². The minimum Gasteiger partial charge on any atom is -0.479 e. The number of carboxylic acids is 1. The summed E-state index contributed by atoms with van der Waals surface area (Å²) in [6.45, 7) is 21.9. The molecule has 0 saturated heterocycles. The van der Waals surface area contributed by atoms with E-state index in [0.29, 0.717) is 73.9 Å². The number of carbonyl (C=O) groups excluding carboxylic acids is 13. The highest BCUT2D eigenvalue weighted by molar-refractivity contribution is 7.94. The molecule has 2 aromatic rings. The molecule has 0 aliphatic carbocycles. The molecule has 0 aromatic carbocycles. The first kappa shape index (κ1) is 101. The number of carbonyl (C=O) groups is 14. The van der Waals surface area contributed by atoms with Gasteiger partial charge < -0.3 is 82.1 Å². The number of likely N-dealkylation sites (N-methyl/N-ethyl adjacent to an activating group) is 2. The van der Waals surface area contributed by atoms with Crippen molar-refractivity contribution in [2.45, 2.75) is 226 Å². The second kappa shape index (κ2) is 45.6. The number of hydrogen-bond donors (Lipinski definition) is 5. The van der Waals surface area contributed by atoms with Gasteiger partial charge in [-0.15, -0.1) is 22.7 Å². The molecule has 0 fully saturated rings. The Morgan fingerprint density at radius 2 is 0.690 bits per heavy atom. The SMILES string of the molecule is CC(=O)O[C@@H](C)C(=O)O[C@H](C)C(=O)O[C@H](C)C(=O)O[C@H](C)C(=O)O[C@H](C)C(=O)O[C@H](C)C(=O)O.CCN[C@H]1CN(CCCOC)S(=O)(=O)c2sc(S(=O)(=O)NC(=O)[C@H](C)OC(=O)[C@H](C)OC(=O)[C@H](C)OC(=O)[C@H](C)OC(=O)[C@H](C)OC(=O)[C@H](C)OC(C)=O)cc21.CCN[C@H]1CN(CCCOC)S(=O)(=O)c2sc(S(N)(=O)=O)cc21. The van der Waals surface area contributed by atoms with Gasteiger partial charge >= 0.3 is 77.6 Å². The quantitative estimate of drug-likeness (QED) is 0.0324. The predicted molar refractivity (Wildman–Crippen MR) is 384 cm³/mol. The Labute approximate surface area is 659 Å². The van der Waals surface area contributed by atoms with Crippen molar-refractivity contribution >= 4 is 146 Å². The number of methoxy groups -OCH3 is 2. The molecule has 0 saturated carbocycles. The van der Waals surface area contributed by atoms with Crippen LogP contribution in [0.5, 0.6) is 0 Å². The van der Waals surface area contributed by atoms with Crippen molar-refractivity contribution in [2.24, 2.45) is 5.14 Å². The fourth-order valence-electron chi connectivity index (χ4n) is 9.01. The number of sulfonamides is 4. The molecule has 2 aliphatic heterocycles. The summed E-state index contributed by atoms with van der Waals surface area (Å²) in [4.78, 5) is 167. The van der Waals surface area contributed by atoms with E-state index >= 15 is 0 Å². The maximum absolute atomic E-state index is 13.4. The lowest BCUT2D eigenvalue weighted by Crippen LogP contribution is -2.43. The molecule has 6 N–H and O–H groups in total. The number of fused-ring (bicyclic) bond motifs is 2. The molecule has 0 bridgehead atoms. The number of carboxylic acid groups (broad SMARTS) is 1. The van der Waals surface area contributed by atoms with Crippen molar-refractivity contribution in [3.05, 3.63) is 23.3 Å². The van der Waals surface area contributed by atoms with Gasteiger partial charge in [0.1, 0.15) is 16.8 Å². The number of esters is 12. The highest BCUT2D eigenvalue weighted by Gasteiger charge is 2.43. The number of nitrogens with zero attached hydrogens (tertiary/aromatic N) is 2. The highest BCUT2D eigenvalue weighted by atomic mass is 32.3. The average molecular weight is 1730 g/mol. The Hall–Kier alpha value is -8.50. The fraction of sp³-hybridized carbons (Fsp3) is 0.656. The predicted octanol–water partition coefficient (Wildman–Crippen LogP) is -0.378. The minimum absolute atomic E-state index is 0.0436. The van der Waals surface area contributed by atoms with Crippen LogP contribution in [0, 0.1) is 0 Å². The smallest absolute Gasteiger partial charge is 0.347 e. The fourth-order valence-corrected chi connectivity index (χ4v) is 18.2. The second-order valence-electron chi connectivity index (χ2n) is 24.4. The van der Waals surface area contributed by atoms with E-state index in [2.05, 4.69) is 24.8 Å². The Balaban J connectivity index is 0.000000640. The van der Waals surface area contributed by atoms with Gasteiger partial charge in [-0.05, 0) is 121 Å². The van der Waals surface area contributed by atoms with E-state index in [4.69, 9.17) is 62.4 Å². The van der Waals surface area contributed by atoms with Gasteiger partial charge in [0.2, 0.25) is 10.0 Å². The van der Waals surface area contributed by atoms with Gasteiger partial charge in [0.15, 0.2) is 73.2 Å². The number of aliphatic carboxylic acids is 1. The number of hydrogen-bond acceptors (Lipinski definition) is 40. The summed E-state index contributed by atoms with van der Waals surface area (Å²) in [6.07, 6.45) is -17.3. The molecule has 4 rings (SSSR count). The summed E-state index contributed by atoms with van der Waals surface area (Å²) in [7, 11) is -13.4. The molecular weight excluding hydrogens is 1640 g/mol. The third-order valence-corrected chi connectivity index (χ3v) is 25.2. The van der Waals surface area contributed by atoms with Crippen molar-refractivity contribution in [1.29, 1.82) is 0 Å². The summed E-state index contributed by atoms with van der Waals surface area (Å²) in [5, 5.41) is 20.2. The van der Waals surface area contributed by atoms with Crippen LogP contribution in [0.4, 0.5) is 0 Å². The summed E-state index contributed by atoms with van der Waals surface area (Å²) in [5.74, 6) is -15.8. The van der Waals surface area contributed by atoms with Gasteiger partial charge in [0.05, 0.1) is 0 Å². The van der Waals surface area contributed by atoms with Crippen LogP contribution < -0.4 is 20.5 Å². The third-order valence-electron chi connectivity index (χ3n) is 14.9. The minimum atomic E-state index is -4.66. The van der Waals surface area contributed by atoms with Crippen LogP contribution in [-0.2, 0) is 174 Å². The molecule has 113 heavy (non-hydrogen) atoms. The zero-order valence-electron chi connectivity index (χ0n) is 64.9. The van der Waals surface area contributed by atoms with E-state index in [1.54, 1.807) is 18.8 Å². The molecule has 49 heteroatoms. The first-order valence-electron chi connectivity index (χ1n) is 34.2. The van der Waals surface area contributed by atoms with Gasteiger partial charge in [-0.2, -0.15) is 8.61 Å². The standard InChI is InChI=1S/C32H47N3O18S3.C20H28O14.C12H21N3O5S3/c1-10-33-24-15-35(12-11-13-47-9)56(45,46)32-23(24)14-25(54-32)55(43,44)34-26(37)16(2)49-28(39)18(4)51-30(41)20(6)53-31(42)21(7)52-29(40)19(5)50-27(38)17(3)48-22(8)36;1-8(15(22)23)30-17(25)10(3)32-19(27)12(5)34-20(28)13(6)33-18(26)11(4)31-16(24)9(2)29-14(7)21;1-3-14-10-8-15(5-4-6-20-2)23(18,19)12-9(10)7-11(21-12)22(13,16)17/h14,16-21,24,33H,10-13,15H2,1-9H3,(H,34,37);8-13H,1-7H3,(H,22,23);7,10,14H,3-6,8H2,1-2H3,(H2,13,16,17)/t16-,17-,18-,19-,20-,21-,24-;8-,9+,10-,11-,12-,13-;10-/m010/s1. The zero-order valence-corrected chi connectivity index (χ0v) is 69.8. The number of rotatable bonds is 39. The van der Waals surface area contributed by atoms with Crippen molar-refractivity contribution in [1.82, 2.24) is 24.0 Å². The lowest BCUT2D eigenvalue weighted by molar-refractivity contribution is -0.187. The number of nitrogens with two attached hydrogens (primary N) is 1. The third kappa shape index (κ3) is 31.3. The molecule has 14 atom stereocenters. The maximum atomic E-state index is 13.4. The van der Waals surface area contributed by atoms with E-state index in [-0.39, 0.29) is 43.9 Å². The van der Waals surface area contributed by atoms with Gasteiger partial charge in [-0.25, -0.2) is 96.3 Å². The molecular formula is C64H96N6O37S6. The first-order valence-corrected chi connectivity index (χ1v) is 41.7. The Morgan fingerprint density at radius 1 is 0.442 bits per heavy atom. The van der Waals surface area contributed by atoms with Crippen LogP contribution in [-0.4, -0.2) is 271 Å². The molecule has 640 valence electrons. The van der Waals surface area contributed by atoms with Crippen molar-refractivity contribution in [3.63, 3.8) is 0 Å². The molecule has 4 heterocycles. The normalized spacial score (nSPS) is 18.2. The molecule has 2 aliphatic rings.